The van der Waals surface area contributed by atoms with Gasteiger partial charge in [-0.25, -0.2) is 4.98 Å². The molecule has 2 saturated heterocycles. The van der Waals surface area contributed by atoms with E-state index in [1.807, 2.05) is 47.4 Å². The van der Waals surface area contributed by atoms with E-state index in [-0.39, 0.29) is 35.5 Å². The smallest absolute Gasteiger partial charge is 0.233 e. The number of Topliss-reactive ketones (excluding diaryl/α,β-unsaturated/α-hetero) is 1. The van der Waals surface area contributed by atoms with Gasteiger partial charge in [-0.2, -0.15) is 9.61 Å². The molecule has 3 atom stereocenters. The van der Waals surface area contributed by atoms with E-state index in [1.54, 1.807) is 19.3 Å². The number of amides is 1. The largest absolute Gasteiger partial charge is 0.395 e. The zero-order chi connectivity index (χ0) is 28.9. The van der Waals surface area contributed by atoms with E-state index in [4.69, 9.17) is 10.7 Å². The molecule has 1 aromatic carbocycles. The lowest BCUT2D eigenvalue weighted by atomic mass is 9.82. The molecule has 10 heteroatoms. The Balaban J connectivity index is 1.37. The van der Waals surface area contributed by atoms with Gasteiger partial charge in [0.05, 0.1) is 41.8 Å². The number of nitrogen functional groups attached to an aromatic ring is 1. The molecule has 0 saturated carbocycles. The molecule has 6 rings (SSSR count). The first-order valence-electron chi connectivity index (χ1n) is 14.0. The number of hydrogen-bond acceptors (Lipinski definition) is 8. The summed E-state index contributed by atoms with van der Waals surface area (Å²) in [5.41, 5.74) is 10.4. The summed E-state index contributed by atoms with van der Waals surface area (Å²) < 4.78 is 1.52. The van der Waals surface area contributed by atoms with Crippen LogP contribution in [0, 0.1) is 5.41 Å². The molecule has 4 aromatic rings. The van der Waals surface area contributed by atoms with Crippen LogP contribution < -0.4 is 5.73 Å². The summed E-state index contributed by atoms with van der Waals surface area (Å²) in [4.78, 5) is 37.8. The topological polar surface area (TPSA) is 147 Å². The number of nitrogens with zero attached hydrogens (tertiary/aromatic N) is 5. The minimum absolute atomic E-state index is 0.0677. The number of pyridine rings is 1. The van der Waals surface area contributed by atoms with Crippen LogP contribution in [0.15, 0.2) is 54.9 Å². The van der Waals surface area contributed by atoms with E-state index in [9.17, 15) is 19.8 Å². The van der Waals surface area contributed by atoms with Crippen LogP contribution in [0.25, 0.3) is 28.0 Å². The monoisotopic (exact) mass is 554 g/mol. The molecule has 0 unspecified atom stereocenters. The van der Waals surface area contributed by atoms with Crippen LogP contribution in [0.5, 0.6) is 0 Å². The lowest BCUT2D eigenvalue weighted by Gasteiger charge is -2.42. The van der Waals surface area contributed by atoms with Crippen molar-refractivity contribution in [3.8, 4) is 22.4 Å². The van der Waals surface area contributed by atoms with E-state index in [1.165, 1.54) is 11.4 Å². The second kappa shape index (κ2) is 10.4. The Kier molecular flexibility index (Phi) is 6.83. The lowest BCUT2D eigenvalue weighted by Crippen LogP contribution is -2.54. The molecule has 41 heavy (non-hydrogen) atoms. The summed E-state index contributed by atoms with van der Waals surface area (Å²) in [5, 5.41) is 24.1. The normalized spacial score (nSPS) is 20.5. The maximum Gasteiger partial charge on any atom is 0.233 e. The number of nitrogens with two attached hydrogens (primary N) is 1. The maximum atomic E-state index is 13.4. The Bertz CT molecular complexity index is 1600. The van der Waals surface area contributed by atoms with Crippen molar-refractivity contribution in [2.24, 2.45) is 5.41 Å². The molecule has 2 aliphatic heterocycles. The van der Waals surface area contributed by atoms with Crippen LogP contribution in [-0.2, 0) is 4.79 Å². The van der Waals surface area contributed by atoms with Gasteiger partial charge in [-0.3, -0.25) is 14.6 Å². The second-order valence-electron chi connectivity index (χ2n) is 11.5. The molecule has 5 heterocycles. The number of carbonyl (C=O) groups is 2. The second-order valence-corrected chi connectivity index (χ2v) is 11.5. The quantitative estimate of drug-likeness (QED) is 0.294. The summed E-state index contributed by atoms with van der Waals surface area (Å²) in [6.07, 6.45) is 6.37. The van der Waals surface area contributed by atoms with Gasteiger partial charge in [0.2, 0.25) is 5.91 Å². The predicted octanol–water partition coefficient (Wildman–Crippen LogP) is 3.47. The van der Waals surface area contributed by atoms with Crippen LogP contribution in [0.3, 0.4) is 0 Å². The Hall–Kier alpha value is -4.15. The summed E-state index contributed by atoms with van der Waals surface area (Å²) in [7, 11) is 0. The fourth-order valence-electron chi connectivity index (χ4n) is 6.45. The van der Waals surface area contributed by atoms with Gasteiger partial charge in [-0.15, -0.1) is 0 Å². The number of ketones is 1. The van der Waals surface area contributed by atoms with Gasteiger partial charge in [0.15, 0.2) is 11.4 Å². The number of piperidine rings is 1. The summed E-state index contributed by atoms with van der Waals surface area (Å²) in [6, 6.07) is 13.7. The van der Waals surface area contributed by atoms with Gasteiger partial charge in [-0.05, 0) is 45.6 Å². The van der Waals surface area contributed by atoms with Gasteiger partial charge in [-0.1, -0.05) is 36.4 Å². The zero-order valence-electron chi connectivity index (χ0n) is 23.2. The van der Waals surface area contributed by atoms with Crippen molar-refractivity contribution in [1.82, 2.24) is 24.5 Å². The SMILES string of the molecule is CC(=O)c1c([C@@H]2C[C@H]3CC[C@@H](C2)N3C(=O)C(C)(CO)CO)nc2c(-c3ccc(-c4ccccc4)nc3)cnn2c1N. The number of aromatic nitrogens is 4. The predicted molar refractivity (Wildman–Crippen MR) is 154 cm³/mol. The molecule has 4 N–H and O–H groups in total. The number of fused-ring (bicyclic) bond motifs is 3. The first-order chi connectivity index (χ1) is 19.8. The summed E-state index contributed by atoms with van der Waals surface area (Å²) in [6.45, 7) is 2.24. The minimum atomic E-state index is -1.23. The van der Waals surface area contributed by atoms with Crippen molar-refractivity contribution >= 4 is 23.2 Å². The van der Waals surface area contributed by atoms with Crippen molar-refractivity contribution < 1.29 is 19.8 Å². The molecular weight excluding hydrogens is 520 g/mol. The highest BCUT2D eigenvalue weighted by Crippen LogP contribution is 2.46. The molecule has 3 aromatic heterocycles. The summed E-state index contributed by atoms with van der Waals surface area (Å²) in [5.74, 6) is -0.250. The van der Waals surface area contributed by atoms with Gasteiger partial charge in [0.1, 0.15) is 5.82 Å². The molecule has 0 aliphatic carbocycles. The van der Waals surface area contributed by atoms with Crippen LogP contribution in [0.2, 0.25) is 0 Å². The number of hydrogen-bond donors (Lipinski definition) is 3. The third-order valence-electron chi connectivity index (χ3n) is 8.78. The molecule has 0 radical (unpaired) electrons. The number of aliphatic hydroxyl groups is 2. The van der Waals surface area contributed by atoms with E-state index in [0.717, 1.165) is 35.2 Å². The molecular formula is C31H34N6O4. The number of anilines is 1. The molecule has 2 fully saturated rings. The van der Waals surface area contributed by atoms with Crippen LogP contribution in [0.1, 0.15) is 61.5 Å². The molecule has 212 valence electrons. The average Bonchev–Trinajstić information content (AvgIpc) is 3.54. The van der Waals surface area contributed by atoms with Gasteiger partial charge < -0.3 is 20.8 Å². The first-order valence-corrected chi connectivity index (χ1v) is 14.0. The molecule has 2 aliphatic rings. The fourth-order valence-corrected chi connectivity index (χ4v) is 6.45. The highest BCUT2D eigenvalue weighted by atomic mass is 16.3. The zero-order valence-corrected chi connectivity index (χ0v) is 23.2. The fraction of sp³-hybridized carbons (Fsp3) is 0.387. The van der Waals surface area contributed by atoms with Gasteiger partial charge in [0, 0.05) is 40.9 Å². The lowest BCUT2D eigenvalue weighted by molar-refractivity contribution is -0.151. The van der Waals surface area contributed by atoms with Crippen molar-refractivity contribution in [3.05, 3.63) is 66.1 Å². The number of benzene rings is 1. The van der Waals surface area contributed by atoms with Crippen molar-refractivity contribution in [1.29, 1.82) is 0 Å². The van der Waals surface area contributed by atoms with E-state index in [0.29, 0.717) is 29.7 Å². The first kappa shape index (κ1) is 27.0. The van der Waals surface area contributed by atoms with E-state index in [2.05, 4.69) is 10.1 Å². The molecule has 10 nitrogen and oxygen atoms in total. The molecule has 1 amide bonds. The summed E-state index contributed by atoms with van der Waals surface area (Å²) >= 11 is 0. The standard InChI is InChI=1S/C31H34N6O4/c1-18(40)26-27(21-12-22-9-10-23(13-21)36(22)30(41)31(2,16-38)17-39)35-29-24(15-34-37(29)28(26)32)20-8-11-25(33-14-20)19-6-4-3-5-7-19/h3-8,11,14-15,21-23,38-39H,9-10,12-13,16-17,32H2,1-2H3/t21-,22-,23+. The Morgan fingerprint density at radius 3 is 2.27 bits per heavy atom. The van der Waals surface area contributed by atoms with Crippen LogP contribution in [-0.4, -0.2) is 71.7 Å². The number of aliphatic hydroxyl groups excluding tert-OH is 2. The Morgan fingerprint density at radius 2 is 1.68 bits per heavy atom. The van der Waals surface area contributed by atoms with Crippen LogP contribution >= 0.6 is 0 Å². The van der Waals surface area contributed by atoms with Gasteiger partial charge >= 0.3 is 0 Å². The Labute approximate surface area is 237 Å². The Morgan fingerprint density at radius 1 is 1.00 bits per heavy atom. The molecule has 2 bridgehead atoms. The number of carbonyl (C=O) groups excluding carboxylic acids is 2. The van der Waals surface area contributed by atoms with Crippen molar-refractivity contribution in [2.45, 2.75) is 57.5 Å². The van der Waals surface area contributed by atoms with Crippen molar-refractivity contribution in [3.63, 3.8) is 0 Å². The highest BCUT2D eigenvalue weighted by molar-refractivity contribution is 6.00. The average molecular weight is 555 g/mol. The third-order valence-corrected chi connectivity index (χ3v) is 8.78. The number of rotatable bonds is 7. The maximum absolute atomic E-state index is 13.4. The van der Waals surface area contributed by atoms with E-state index < -0.39 is 18.6 Å². The van der Waals surface area contributed by atoms with Crippen molar-refractivity contribution in [2.75, 3.05) is 18.9 Å². The highest BCUT2D eigenvalue weighted by Gasteiger charge is 2.49. The molecule has 0 spiro atoms. The minimum Gasteiger partial charge on any atom is -0.395 e. The third kappa shape index (κ3) is 4.47. The van der Waals surface area contributed by atoms with E-state index >= 15 is 0 Å². The van der Waals surface area contributed by atoms with Gasteiger partial charge in [0.25, 0.3) is 0 Å². The van der Waals surface area contributed by atoms with Crippen LogP contribution in [0.4, 0.5) is 5.82 Å².